The van der Waals surface area contributed by atoms with Gasteiger partial charge in [0.05, 0.1) is 29.2 Å². The van der Waals surface area contributed by atoms with E-state index >= 15 is 0 Å². The maximum absolute atomic E-state index is 13.5. The van der Waals surface area contributed by atoms with Gasteiger partial charge in [-0.25, -0.2) is 8.42 Å². The second-order valence-electron chi connectivity index (χ2n) is 9.24. The second kappa shape index (κ2) is 8.80. The number of rotatable bonds is 4. The summed E-state index contributed by atoms with van der Waals surface area (Å²) in [7, 11) is -3.72. The van der Waals surface area contributed by atoms with E-state index in [4.69, 9.17) is 14.5 Å². The summed E-state index contributed by atoms with van der Waals surface area (Å²) in [6.07, 6.45) is 2.96. The molecule has 0 spiro atoms. The van der Waals surface area contributed by atoms with Crippen LogP contribution in [0.15, 0.2) is 53.4 Å². The minimum Gasteiger partial charge on any atom is -0.490 e. The van der Waals surface area contributed by atoms with Crippen LogP contribution >= 0.6 is 0 Å². The molecule has 1 aliphatic carbocycles. The van der Waals surface area contributed by atoms with Crippen LogP contribution in [0.25, 0.3) is 10.9 Å². The van der Waals surface area contributed by atoms with Gasteiger partial charge in [-0.2, -0.15) is 4.31 Å². The summed E-state index contributed by atoms with van der Waals surface area (Å²) in [5, 5.41) is 0.837. The molecule has 2 fully saturated rings. The Morgan fingerprint density at radius 2 is 1.66 bits per heavy atom. The summed E-state index contributed by atoms with van der Waals surface area (Å²) in [5.41, 5.74) is 2.45. The molecule has 6 rings (SSSR count). The lowest BCUT2D eigenvalue weighted by Gasteiger charge is -2.34. The number of piperazine rings is 1. The molecule has 1 saturated heterocycles. The summed E-state index contributed by atoms with van der Waals surface area (Å²) in [6.45, 7) is 2.17. The van der Waals surface area contributed by atoms with Crippen molar-refractivity contribution in [2.24, 2.45) is 0 Å². The Morgan fingerprint density at radius 3 is 2.43 bits per heavy atom. The van der Waals surface area contributed by atoms with Crippen molar-refractivity contribution in [1.29, 1.82) is 0 Å². The molecule has 3 heterocycles. The fourth-order valence-corrected chi connectivity index (χ4v) is 6.15. The monoisotopic (exact) mass is 493 g/mol. The van der Waals surface area contributed by atoms with Crippen molar-refractivity contribution in [3.05, 3.63) is 59.8 Å². The van der Waals surface area contributed by atoms with E-state index in [0.717, 1.165) is 35.9 Å². The number of nitrogens with zero attached hydrogens (tertiary/aromatic N) is 3. The van der Waals surface area contributed by atoms with Gasteiger partial charge >= 0.3 is 0 Å². The van der Waals surface area contributed by atoms with Crippen molar-refractivity contribution in [2.75, 3.05) is 39.4 Å². The third-order valence-electron chi connectivity index (χ3n) is 6.84. The molecule has 35 heavy (non-hydrogen) atoms. The van der Waals surface area contributed by atoms with Gasteiger partial charge in [0, 0.05) is 55.7 Å². The Morgan fingerprint density at radius 1 is 0.914 bits per heavy atom. The Labute approximate surface area is 204 Å². The van der Waals surface area contributed by atoms with E-state index in [2.05, 4.69) is 0 Å². The molecule has 9 heteroatoms. The lowest BCUT2D eigenvalue weighted by Crippen LogP contribution is -2.50. The molecular weight excluding hydrogens is 466 g/mol. The topological polar surface area (TPSA) is 89.0 Å². The number of aromatic nitrogens is 1. The molecule has 1 saturated carbocycles. The van der Waals surface area contributed by atoms with Crippen LogP contribution in [-0.4, -0.2) is 67.9 Å². The van der Waals surface area contributed by atoms with Gasteiger partial charge in [0.2, 0.25) is 10.0 Å². The van der Waals surface area contributed by atoms with E-state index < -0.39 is 10.0 Å². The van der Waals surface area contributed by atoms with Gasteiger partial charge in [-0.3, -0.25) is 9.78 Å². The summed E-state index contributed by atoms with van der Waals surface area (Å²) in [5.74, 6) is 1.38. The molecule has 0 radical (unpaired) electrons. The molecule has 182 valence electrons. The van der Waals surface area contributed by atoms with Gasteiger partial charge in [-0.05, 0) is 37.1 Å². The van der Waals surface area contributed by atoms with E-state index in [9.17, 15) is 13.2 Å². The minimum absolute atomic E-state index is 0.0712. The van der Waals surface area contributed by atoms with Crippen molar-refractivity contribution in [1.82, 2.24) is 14.2 Å². The van der Waals surface area contributed by atoms with Gasteiger partial charge in [0.15, 0.2) is 11.5 Å². The SMILES string of the molecule is O=C(c1cc(C2CC2)nc2ccccc12)N1CCN(S(=O)(=O)c2ccc3c(c2)OCCCO3)CC1. The molecule has 0 bridgehead atoms. The highest BCUT2D eigenvalue weighted by atomic mass is 32.2. The first-order valence-electron chi connectivity index (χ1n) is 12.1. The van der Waals surface area contributed by atoms with Gasteiger partial charge in [-0.15, -0.1) is 0 Å². The van der Waals surface area contributed by atoms with Crippen molar-refractivity contribution in [3.63, 3.8) is 0 Å². The summed E-state index contributed by atoms with van der Waals surface area (Å²) >= 11 is 0. The number of pyridine rings is 1. The van der Waals surface area contributed by atoms with Gasteiger partial charge in [0.25, 0.3) is 5.91 Å². The van der Waals surface area contributed by atoms with E-state index in [-0.39, 0.29) is 23.9 Å². The first kappa shape index (κ1) is 22.3. The smallest absolute Gasteiger partial charge is 0.254 e. The fourth-order valence-electron chi connectivity index (χ4n) is 4.72. The van der Waals surface area contributed by atoms with E-state index in [0.29, 0.717) is 49.3 Å². The zero-order valence-corrected chi connectivity index (χ0v) is 20.2. The third kappa shape index (κ3) is 4.23. The Kier molecular flexibility index (Phi) is 5.61. The van der Waals surface area contributed by atoms with Crippen LogP contribution in [0.4, 0.5) is 0 Å². The Bertz CT molecular complexity index is 1400. The first-order valence-corrected chi connectivity index (χ1v) is 13.5. The fraction of sp³-hybridized carbons (Fsp3) is 0.385. The summed E-state index contributed by atoms with van der Waals surface area (Å²) in [6, 6.07) is 14.4. The third-order valence-corrected chi connectivity index (χ3v) is 8.74. The highest BCUT2D eigenvalue weighted by molar-refractivity contribution is 7.89. The molecule has 8 nitrogen and oxygen atoms in total. The summed E-state index contributed by atoms with van der Waals surface area (Å²) < 4.78 is 39.4. The van der Waals surface area contributed by atoms with Crippen LogP contribution in [0, 0.1) is 0 Å². The number of ether oxygens (including phenoxy) is 2. The number of hydrogen-bond donors (Lipinski definition) is 0. The molecule has 3 aromatic rings. The van der Waals surface area contributed by atoms with Crippen molar-refractivity contribution < 1.29 is 22.7 Å². The number of carbonyl (C=O) groups excluding carboxylic acids is 1. The standard InChI is InChI=1S/C26H27N3O5S/c30-26(21-17-23(18-6-7-18)27-22-5-2-1-4-20(21)22)28-10-12-29(13-11-28)35(31,32)19-8-9-24-25(16-19)34-15-3-14-33-24/h1-2,4-5,8-9,16-18H,3,6-7,10-15H2. The zero-order valence-electron chi connectivity index (χ0n) is 19.4. The van der Waals surface area contributed by atoms with Crippen molar-refractivity contribution in [3.8, 4) is 11.5 Å². The Hall–Kier alpha value is -3.17. The number of carbonyl (C=O) groups is 1. The Balaban J connectivity index is 1.20. The van der Waals surface area contributed by atoms with E-state index in [1.165, 1.54) is 10.4 Å². The number of sulfonamides is 1. The van der Waals surface area contributed by atoms with Gasteiger partial charge in [0.1, 0.15) is 0 Å². The van der Waals surface area contributed by atoms with E-state index in [1.54, 1.807) is 17.0 Å². The average Bonchev–Trinajstić information content (AvgIpc) is 3.75. The molecule has 2 aromatic carbocycles. The van der Waals surface area contributed by atoms with Crippen LogP contribution in [-0.2, 0) is 10.0 Å². The first-order chi connectivity index (χ1) is 17.0. The lowest BCUT2D eigenvalue weighted by atomic mass is 10.0. The number of fused-ring (bicyclic) bond motifs is 2. The molecule has 0 unspecified atom stereocenters. The van der Waals surface area contributed by atoms with Crippen LogP contribution in [0.1, 0.15) is 41.2 Å². The van der Waals surface area contributed by atoms with Crippen LogP contribution < -0.4 is 9.47 Å². The molecule has 2 aliphatic heterocycles. The lowest BCUT2D eigenvalue weighted by molar-refractivity contribution is 0.0699. The molecule has 0 N–H and O–H groups in total. The zero-order chi connectivity index (χ0) is 24.0. The second-order valence-corrected chi connectivity index (χ2v) is 11.2. The molecule has 1 amide bonds. The molecular formula is C26H27N3O5S. The van der Waals surface area contributed by atoms with Crippen LogP contribution in [0.2, 0.25) is 0 Å². The largest absolute Gasteiger partial charge is 0.490 e. The highest BCUT2D eigenvalue weighted by Gasteiger charge is 2.33. The number of hydrogen-bond acceptors (Lipinski definition) is 6. The average molecular weight is 494 g/mol. The molecule has 3 aliphatic rings. The molecule has 1 aromatic heterocycles. The maximum Gasteiger partial charge on any atom is 0.254 e. The van der Waals surface area contributed by atoms with Gasteiger partial charge < -0.3 is 14.4 Å². The molecule has 0 atom stereocenters. The highest BCUT2D eigenvalue weighted by Crippen LogP contribution is 2.40. The normalized spacial score (nSPS) is 18.9. The summed E-state index contributed by atoms with van der Waals surface area (Å²) in [4.78, 5) is 20.2. The van der Waals surface area contributed by atoms with Crippen molar-refractivity contribution >= 4 is 26.8 Å². The van der Waals surface area contributed by atoms with Crippen LogP contribution in [0.5, 0.6) is 11.5 Å². The number of benzene rings is 2. The predicted molar refractivity (Wildman–Crippen MR) is 130 cm³/mol. The quantitative estimate of drug-likeness (QED) is 0.553. The minimum atomic E-state index is -3.72. The maximum atomic E-state index is 13.5. The number of amides is 1. The van der Waals surface area contributed by atoms with Crippen molar-refractivity contribution in [2.45, 2.75) is 30.1 Å². The van der Waals surface area contributed by atoms with Crippen LogP contribution in [0.3, 0.4) is 0 Å². The predicted octanol–water partition coefficient (Wildman–Crippen LogP) is 3.42. The van der Waals surface area contributed by atoms with Gasteiger partial charge in [-0.1, -0.05) is 18.2 Å². The number of para-hydroxylation sites is 1. The van der Waals surface area contributed by atoms with E-state index in [1.807, 2.05) is 30.3 Å².